The second kappa shape index (κ2) is 6.32. The van der Waals surface area contributed by atoms with Crippen molar-refractivity contribution in [2.45, 2.75) is 11.5 Å². The lowest BCUT2D eigenvalue weighted by Crippen LogP contribution is -2.37. The molecule has 0 unspecified atom stereocenters. The minimum absolute atomic E-state index is 0.0157. The van der Waals surface area contributed by atoms with Gasteiger partial charge >= 0.3 is 5.69 Å². The topological polar surface area (TPSA) is 109 Å². The van der Waals surface area contributed by atoms with E-state index in [0.717, 1.165) is 16.3 Å². The standard InChI is InChI=1S/C13H16N4O4S/c1-16-11-9(12(19)17(2)13(16)20)10(22-6-8(14)18)7(4-15-11)5-21-3/h4H,5-6H2,1-3H3,(H2,14,18). The van der Waals surface area contributed by atoms with Gasteiger partial charge in [0.2, 0.25) is 5.91 Å². The summed E-state index contributed by atoms with van der Waals surface area (Å²) in [4.78, 5) is 40.2. The van der Waals surface area contributed by atoms with Crippen LogP contribution in [0.2, 0.25) is 0 Å². The van der Waals surface area contributed by atoms with Crippen LogP contribution >= 0.6 is 11.8 Å². The minimum atomic E-state index is -0.500. The molecule has 118 valence electrons. The number of nitrogens with zero attached hydrogens (tertiary/aromatic N) is 3. The average molecular weight is 324 g/mol. The molecule has 0 aliphatic heterocycles. The SMILES string of the molecule is COCc1cnc2c(c1SCC(N)=O)c(=O)n(C)c(=O)n2C. The van der Waals surface area contributed by atoms with Gasteiger partial charge in [0, 0.05) is 37.9 Å². The monoisotopic (exact) mass is 324 g/mol. The smallest absolute Gasteiger partial charge is 0.332 e. The van der Waals surface area contributed by atoms with Crippen LogP contribution in [0.15, 0.2) is 20.7 Å². The molecule has 0 radical (unpaired) electrons. The van der Waals surface area contributed by atoms with Crippen LogP contribution in [0.3, 0.4) is 0 Å². The van der Waals surface area contributed by atoms with Gasteiger partial charge in [-0.1, -0.05) is 0 Å². The van der Waals surface area contributed by atoms with Crippen LogP contribution < -0.4 is 17.0 Å². The van der Waals surface area contributed by atoms with E-state index in [0.29, 0.717) is 10.5 Å². The van der Waals surface area contributed by atoms with Gasteiger partial charge in [-0.2, -0.15) is 0 Å². The van der Waals surface area contributed by atoms with Gasteiger partial charge in [-0.3, -0.25) is 18.7 Å². The zero-order chi connectivity index (χ0) is 16.4. The molecule has 0 bridgehead atoms. The summed E-state index contributed by atoms with van der Waals surface area (Å²) < 4.78 is 7.40. The van der Waals surface area contributed by atoms with Gasteiger partial charge in [0.25, 0.3) is 5.56 Å². The van der Waals surface area contributed by atoms with Crippen LogP contribution in [0.1, 0.15) is 5.56 Å². The van der Waals surface area contributed by atoms with E-state index >= 15 is 0 Å². The summed E-state index contributed by atoms with van der Waals surface area (Å²) in [6, 6.07) is 0. The summed E-state index contributed by atoms with van der Waals surface area (Å²) in [6.45, 7) is 0.232. The quantitative estimate of drug-likeness (QED) is 0.733. The zero-order valence-corrected chi connectivity index (χ0v) is 13.3. The molecule has 2 aromatic rings. The molecule has 22 heavy (non-hydrogen) atoms. The number of primary amides is 1. The molecule has 2 N–H and O–H groups in total. The maximum Gasteiger partial charge on any atom is 0.332 e. The number of methoxy groups -OCH3 is 1. The molecule has 0 fully saturated rings. The minimum Gasteiger partial charge on any atom is -0.380 e. The maximum atomic E-state index is 12.5. The third kappa shape index (κ3) is 2.77. The Balaban J connectivity index is 2.85. The van der Waals surface area contributed by atoms with Crippen molar-refractivity contribution in [1.29, 1.82) is 0 Å². The molecule has 0 saturated carbocycles. The van der Waals surface area contributed by atoms with E-state index < -0.39 is 17.2 Å². The molecule has 1 amide bonds. The van der Waals surface area contributed by atoms with E-state index in [9.17, 15) is 14.4 Å². The number of hydrogen-bond acceptors (Lipinski definition) is 6. The first-order valence-corrected chi connectivity index (χ1v) is 7.34. The van der Waals surface area contributed by atoms with Gasteiger partial charge < -0.3 is 10.5 Å². The number of carbonyl (C=O) groups excluding carboxylic acids is 1. The number of nitrogens with two attached hydrogens (primary N) is 1. The Hall–Kier alpha value is -2.13. The Kier molecular flexibility index (Phi) is 4.67. The molecule has 0 aromatic carbocycles. The highest BCUT2D eigenvalue weighted by molar-refractivity contribution is 8.00. The van der Waals surface area contributed by atoms with Crippen molar-refractivity contribution in [3.05, 3.63) is 32.6 Å². The van der Waals surface area contributed by atoms with Crippen LogP contribution in [0, 0.1) is 0 Å². The Morgan fingerprint density at radius 3 is 2.64 bits per heavy atom. The highest BCUT2D eigenvalue weighted by atomic mass is 32.2. The van der Waals surface area contributed by atoms with Gasteiger partial charge in [0.15, 0.2) is 0 Å². The molecule has 0 spiro atoms. The van der Waals surface area contributed by atoms with Gasteiger partial charge in [-0.25, -0.2) is 9.78 Å². The van der Waals surface area contributed by atoms with E-state index in [-0.39, 0.29) is 23.4 Å². The summed E-state index contributed by atoms with van der Waals surface area (Å²) in [5, 5.41) is 0.283. The first kappa shape index (κ1) is 16.2. The summed E-state index contributed by atoms with van der Waals surface area (Å²) in [6.07, 6.45) is 1.54. The molecular formula is C13H16N4O4S. The van der Waals surface area contributed by atoms with Crippen molar-refractivity contribution in [3.63, 3.8) is 0 Å². The lowest BCUT2D eigenvalue weighted by Gasteiger charge is -2.13. The van der Waals surface area contributed by atoms with E-state index in [1.165, 1.54) is 32.0 Å². The first-order valence-electron chi connectivity index (χ1n) is 6.36. The fourth-order valence-corrected chi connectivity index (χ4v) is 3.01. The summed E-state index contributed by atoms with van der Waals surface area (Å²) in [7, 11) is 4.46. The average Bonchev–Trinajstić information content (AvgIpc) is 2.49. The first-order chi connectivity index (χ1) is 10.4. The number of rotatable bonds is 5. The van der Waals surface area contributed by atoms with Crippen molar-refractivity contribution in [3.8, 4) is 0 Å². The fraction of sp³-hybridized carbons (Fsp3) is 0.385. The molecular weight excluding hydrogens is 308 g/mol. The normalized spacial score (nSPS) is 11.0. The number of carbonyl (C=O) groups is 1. The van der Waals surface area contributed by atoms with Gasteiger partial charge in [-0.05, 0) is 0 Å². The third-order valence-corrected chi connectivity index (χ3v) is 4.34. The number of pyridine rings is 1. The molecule has 0 saturated heterocycles. The van der Waals surface area contributed by atoms with Crippen molar-refractivity contribution in [1.82, 2.24) is 14.1 Å². The predicted molar refractivity (Wildman–Crippen MR) is 82.9 cm³/mol. The lowest BCUT2D eigenvalue weighted by atomic mass is 10.2. The number of ether oxygens (including phenoxy) is 1. The van der Waals surface area contributed by atoms with Crippen LogP contribution in [-0.2, 0) is 30.2 Å². The molecule has 0 aliphatic rings. The summed E-state index contributed by atoms with van der Waals surface area (Å²) >= 11 is 1.14. The number of hydrogen-bond donors (Lipinski definition) is 1. The molecule has 9 heteroatoms. The van der Waals surface area contributed by atoms with Crippen LogP contribution in [0.5, 0.6) is 0 Å². The molecule has 8 nitrogen and oxygen atoms in total. The van der Waals surface area contributed by atoms with Gasteiger partial charge in [-0.15, -0.1) is 11.8 Å². The number of amides is 1. The molecule has 0 atom stereocenters. The molecule has 0 aliphatic carbocycles. The second-order valence-corrected chi connectivity index (χ2v) is 5.69. The highest BCUT2D eigenvalue weighted by Crippen LogP contribution is 2.28. The molecule has 2 heterocycles. The summed E-state index contributed by atoms with van der Waals surface area (Å²) in [5.41, 5.74) is 5.19. The fourth-order valence-electron chi connectivity index (χ4n) is 2.11. The zero-order valence-electron chi connectivity index (χ0n) is 12.5. The number of aryl methyl sites for hydroxylation is 1. The number of thioether (sulfide) groups is 1. The van der Waals surface area contributed by atoms with Gasteiger partial charge in [0.05, 0.1) is 17.7 Å². The Labute approximate surface area is 129 Å². The molecule has 2 rings (SSSR count). The predicted octanol–water partition coefficient (Wildman–Crippen LogP) is -0.644. The van der Waals surface area contributed by atoms with Gasteiger partial charge in [0.1, 0.15) is 5.65 Å². The van der Waals surface area contributed by atoms with Crippen molar-refractivity contribution in [2.24, 2.45) is 19.8 Å². The number of aromatic nitrogens is 3. The third-order valence-electron chi connectivity index (χ3n) is 3.15. The van der Waals surface area contributed by atoms with E-state index in [2.05, 4.69) is 4.98 Å². The Morgan fingerprint density at radius 2 is 2.05 bits per heavy atom. The van der Waals surface area contributed by atoms with Crippen LogP contribution in [0.25, 0.3) is 11.0 Å². The van der Waals surface area contributed by atoms with E-state index in [1.807, 2.05) is 0 Å². The van der Waals surface area contributed by atoms with Crippen LogP contribution in [-0.4, -0.2) is 32.9 Å². The number of fused-ring (bicyclic) bond motifs is 1. The maximum absolute atomic E-state index is 12.5. The largest absolute Gasteiger partial charge is 0.380 e. The Morgan fingerprint density at radius 1 is 1.36 bits per heavy atom. The Bertz CT molecular complexity index is 856. The van der Waals surface area contributed by atoms with E-state index in [1.54, 1.807) is 0 Å². The lowest BCUT2D eigenvalue weighted by molar-refractivity contribution is -0.115. The van der Waals surface area contributed by atoms with Crippen molar-refractivity contribution >= 4 is 28.7 Å². The van der Waals surface area contributed by atoms with E-state index in [4.69, 9.17) is 10.5 Å². The van der Waals surface area contributed by atoms with Crippen molar-refractivity contribution < 1.29 is 9.53 Å². The van der Waals surface area contributed by atoms with Crippen LogP contribution in [0.4, 0.5) is 0 Å². The summed E-state index contributed by atoms with van der Waals surface area (Å²) in [5.74, 6) is -0.484. The second-order valence-electron chi connectivity index (χ2n) is 4.70. The highest BCUT2D eigenvalue weighted by Gasteiger charge is 2.18. The van der Waals surface area contributed by atoms with Crippen molar-refractivity contribution in [2.75, 3.05) is 12.9 Å². The molecule has 2 aromatic heterocycles.